The first-order valence-corrected chi connectivity index (χ1v) is 6.27. The highest BCUT2D eigenvalue weighted by Gasteiger charge is 2.39. The molecule has 0 amide bonds. The van der Waals surface area contributed by atoms with Gasteiger partial charge in [0.15, 0.2) is 11.5 Å². The van der Waals surface area contributed by atoms with Gasteiger partial charge in [-0.05, 0) is 43.6 Å². The molecule has 112 valence electrons. The summed E-state index contributed by atoms with van der Waals surface area (Å²) >= 11 is 0. The van der Waals surface area contributed by atoms with Gasteiger partial charge in [-0.25, -0.2) is 0 Å². The Morgan fingerprint density at radius 1 is 1.30 bits per heavy atom. The Kier molecular flexibility index (Phi) is 3.84. The number of hydrogen-bond acceptors (Lipinski definition) is 4. The maximum absolute atomic E-state index is 13.1. The molecule has 0 radical (unpaired) electrons. The van der Waals surface area contributed by atoms with Crippen molar-refractivity contribution in [1.82, 2.24) is 4.90 Å². The van der Waals surface area contributed by atoms with E-state index in [1.54, 1.807) is 11.9 Å². The van der Waals surface area contributed by atoms with Gasteiger partial charge in [-0.3, -0.25) is 4.90 Å². The zero-order valence-electron chi connectivity index (χ0n) is 11.0. The zero-order chi connectivity index (χ0) is 15.1. The normalized spacial score (nSPS) is 24.2. The molecule has 1 aromatic rings. The summed E-state index contributed by atoms with van der Waals surface area (Å²) in [6.07, 6.45) is -4.08. The number of phenols is 2. The number of nitrogens with zero attached hydrogens (tertiary/aromatic N) is 1. The van der Waals surface area contributed by atoms with Gasteiger partial charge in [0.25, 0.3) is 0 Å². The van der Waals surface area contributed by atoms with Gasteiger partial charge in [0.05, 0.1) is 5.56 Å². The van der Waals surface area contributed by atoms with Crippen LogP contribution in [0, 0.1) is 5.92 Å². The number of benzene rings is 1. The third kappa shape index (κ3) is 2.69. The van der Waals surface area contributed by atoms with E-state index >= 15 is 0 Å². The Bertz CT molecular complexity index is 505. The predicted molar refractivity (Wildman–Crippen MR) is 67.3 cm³/mol. The number of phenolic OH excluding ortho intramolecular Hbond substituents is 2. The second kappa shape index (κ2) is 5.14. The predicted octanol–water partition coefficient (Wildman–Crippen LogP) is 2.07. The fourth-order valence-electron chi connectivity index (χ4n) is 2.75. The van der Waals surface area contributed by atoms with E-state index in [9.17, 15) is 23.4 Å². The highest BCUT2D eigenvalue weighted by molar-refractivity contribution is 5.48. The molecular formula is C13H17F3N2O2. The molecule has 0 bridgehead atoms. The highest BCUT2D eigenvalue weighted by atomic mass is 19.4. The Balaban J connectivity index is 2.48. The van der Waals surface area contributed by atoms with Crippen LogP contribution in [0.4, 0.5) is 13.2 Å². The second-order valence-electron chi connectivity index (χ2n) is 5.22. The molecule has 1 saturated heterocycles. The van der Waals surface area contributed by atoms with Crippen LogP contribution in [-0.4, -0.2) is 35.3 Å². The van der Waals surface area contributed by atoms with Crippen molar-refractivity contribution in [1.29, 1.82) is 0 Å². The molecule has 0 aliphatic carbocycles. The molecule has 0 saturated carbocycles. The van der Waals surface area contributed by atoms with Gasteiger partial charge in [0.2, 0.25) is 0 Å². The summed E-state index contributed by atoms with van der Waals surface area (Å²) in [4.78, 5) is 1.79. The van der Waals surface area contributed by atoms with Crippen LogP contribution in [0.1, 0.15) is 23.6 Å². The summed E-state index contributed by atoms with van der Waals surface area (Å²) in [5.74, 6) is -1.18. The highest BCUT2D eigenvalue weighted by Crippen LogP contribution is 2.44. The number of hydrogen-bond donors (Lipinski definition) is 3. The smallest absolute Gasteiger partial charge is 0.416 e. The maximum atomic E-state index is 13.1. The van der Waals surface area contributed by atoms with E-state index in [4.69, 9.17) is 5.73 Å². The van der Waals surface area contributed by atoms with Crippen molar-refractivity contribution in [2.24, 2.45) is 11.7 Å². The van der Waals surface area contributed by atoms with Crippen molar-refractivity contribution in [2.75, 3.05) is 20.1 Å². The van der Waals surface area contributed by atoms with Gasteiger partial charge in [0, 0.05) is 12.6 Å². The molecule has 4 N–H and O–H groups in total. The Morgan fingerprint density at radius 3 is 2.40 bits per heavy atom. The lowest BCUT2D eigenvalue weighted by Gasteiger charge is -2.24. The van der Waals surface area contributed by atoms with E-state index < -0.39 is 29.3 Å². The minimum Gasteiger partial charge on any atom is -0.504 e. The summed E-state index contributed by atoms with van der Waals surface area (Å²) in [5.41, 5.74) is 4.64. The van der Waals surface area contributed by atoms with Crippen molar-refractivity contribution in [3.63, 3.8) is 0 Å². The number of alkyl halides is 3. The van der Waals surface area contributed by atoms with Crippen molar-refractivity contribution in [2.45, 2.75) is 18.6 Å². The van der Waals surface area contributed by atoms with Crippen LogP contribution in [0.15, 0.2) is 12.1 Å². The van der Waals surface area contributed by atoms with E-state index in [1.807, 2.05) is 0 Å². The third-order valence-corrected chi connectivity index (χ3v) is 3.78. The molecule has 0 spiro atoms. The Morgan fingerprint density at radius 2 is 1.90 bits per heavy atom. The van der Waals surface area contributed by atoms with Crippen LogP contribution >= 0.6 is 0 Å². The molecule has 2 rings (SSSR count). The lowest BCUT2D eigenvalue weighted by molar-refractivity contribution is -0.138. The van der Waals surface area contributed by atoms with E-state index in [0.717, 1.165) is 6.07 Å². The van der Waals surface area contributed by atoms with Crippen molar-refractivity contribution in [3.8, 4) is 11.5 Å². The van der Waals surface area contributed by atoms with Crippen LogP contribution in [0.2, 0.25) is 0 Å². The van der Waals surface area contributed by atoms with Gasteiger partial charge in [0.1, 0.15) is 0 Å². The molecule has 1 heterocycles. The van der Waals surface area contributed by atoms with Gasteiger partial charge in [-0.2, -0.15) is 13.2 Å². The van der Waals surface area contributed by atoms with Crippen LogP contribution < -0.4 is 5.73 Å². The maximum Gasteiger partial charge on any atom is 0.416 e. The van der Waals surface area contributed by atoms with Crippen LogP contribution in [0.5, 0.6) is 11.5 Å². The summed E-state index contributed by atoms with van der Waals surface area (Å²) in [6, 6.07) is 1.11. The average Bonchev–Trinajstić information content (AvgIpc) is 2.72. The lowest BCUT2D eigenvalue weighted by atomic mass is 9.94. The molecule has 1 aliphatic rings. The Labute approximate surface area is 114 Å². The van der Waals surface area contributed by atoms with Crippen molar-refractivity contribution in [3.05, 3.63) is 23.3 Å². The van der Waals surface area contributed by atoms with Gasteiger partial charge < -0.3 is 15.9 Å². The van der Waals surface area contributed by atoms with Gasteiger partial charge in [-0.15, -0.1) is 0 Å². The molecule has 1 fully saturated rings. The molecule has 2 atom stereocenters. The number of rotatable bonds is 2. The number of halogens is 3. The fourth-order valence-corrected chi connectivity index (χ4v) is 2.75. The Hall–Kier alpha value is -1.47. The number of aromatic hydroxyl groups is 2. The van der Waals surface area contributed by atoms with Crippen LogP contribution in [-0.2, 0) is 6.18 Å². The minimum absolute atomic E-state index is 0.0220. The van der Waals surface area contributed by atoms with E-state index in [0.29, 0.717) is 25.6 Å². The quantitative estimate of drug-likeness (QED) is 0.729. The topological polar surface area (TPSA) is 69.7 Å². The first-order valence-electron chi connectivity index (χ1n) is 6.27. The molecule has 0 aromatic heterocycles. The van der Waals surface area contributed by atoms with E-state index in [2.05, 4.69) is 0 Å². The third-order valence-electron chi connectivity index (χ3n) is 3.78. The fraction of sp³-hybridized carbons (Fsp3) is 0.538. The summed E-state index contributed by atoms with van der Waals surface area (Å²) < 4.78 is 39.3. The van der Waals surface area contributed by atoms with Crippen molar-refractivity contribution < 1.29 is 23.4 Å². The molecule has 1 aromatic carbocycles. The first-order chi connectivity index (χ1) is 9.24. The largest absolute Gasteiger partial charge is 0.504 e. The van der Waals surface area contributed by atoms with E-state index in [1.165, 1.54) is 0 Å². The lowest BCUT2D eigenvalue weighted by Crippen LogP contribution is -2.22. The second-order valence-corrected chi connectivity index (χ2v) is 5.22. The monoisotopic (exact) mass is 290 g/mol. The standard InChI is InChI=1S/C13H17F3N2O2/c1-18-6-7(5-17)2-10(18)8-3-11(19)12(20)4-9(8)13(14,15)16/h3-4,7,10,19-20H,2,5-6,17H2,1H3. The van der Waals surface area contributed by atoms with E-state index in [-0.39, 0.29) is 11.5 Å². The SMILES string of the molecule is CN1CC(CN)CC1c1cc(O)c(O)cc1C(F)(F)F. The molecule has 4 nitrogen and oxygen atoms in total. The summed E-state index contributed by atoms with van der Waals surface area (Å²) in [6.45, 7) is 1.02. The average molecular weight is 290 g/mol. The minimum atomic E-state index is -4.58. The van der Waals surface area contributed by atoms with Crippen molar-refractivity contribution >= 4 is 0 Å². The molecule has 2 unspecified atom stereocenters. The zero-order valence-corrected chi connectivity index (χ0v) is 11.0. The van der Waals surface area contributed by atoms with Crippen LogP contribution in [0.25, 0.3) is 0 Å². The van der Waals surface area contributed by atoms with Gasteiger partial charge in [-0.1, -0.05) is 0 Å². The molecule has 1 aliphatic heterocycles. The van der Waals surface area contributed by atoms with Gasteiger partial charge >= 0.3 is 6.18 Å². The summed E-state index contributed by atoms with van der Waals surface area (Å²) in [7, 11) is 1.73. The molecule has 7 heteroatoms. The summed E-state index contributed by atoms with van der Waals surface area (Å²) in [5, 5.41) is 18.8. The number of likely N-dealkylation sites (tertiary alicyclic amines) is 1. The number of nitrogens with two attached hydrogens (primary N) is 1. The molecule has 20 heavy (non-hydrogen) atoms. The first kappa shape index (κ1) is 14.9. The molecular weight excluding hydrogens is 273 g/mol. The van der Waals surface area contributed by atoms with Crippen LogP contribution in [0.3, 0.4) is 0 Å².